The Balaban J connectivity index is 1.53. The van der Waals surface area contributed by atoms with Gasteiger partial charge in [-0.2, -0.15) is 0 Å². The summed E-state index contributed by atoms with van der Waals surface area (Å²) in [5.41, 5.74) is 3.22. The Labute approximate surface area is 141 Å². The molecule has 5 nitrogen and oxygen atoms in total. The fourth-order valence-corrected chi connectivity index (χ4v) is 2.43. The molecule has 0 saturated carbocycles. The molecule has 0 amide bonds. The summed E-state index contributed by atoms with van der Waals surface area (Å²) in [5, 5.41) is 6.92. The highest BCUT2D eigenvalue weighted by Gasteiger charge is 2.13. The number of nitrogens with zero attached hydrogens (tertiary/aromatic N) is 1. The summed E-state index contributed by atoms with van der Waals surface area (Å²) >= 11 is 5.33. The molecule has 1 aliphatic rings. The van der Waals surface area contributed by atoms with Gasteiger partial charge in [0.1, 0.15) is 0 Å². The SMILES string of the molecule is CN(C)c1ccc(CNC(=S)Nc2ccc3c(c2)OCO3)cc1. The highest BCUT2D eigenvalue weighted by Crippen LogP contribution is 2.34. The zero-order valence-electron chi connectivity index (χ0n) is 13.1. The van der Waals surface area contributed by atoms with Crippen molar-refractivity contribution in [2.24, 2.45) is 0 Å². The first kappa shape index (κ1) is 15.4. The van der Waals surface area contributed by atoms with Gasteiger partial charge in [0, 0.05) is 38.1 Å². The Morgan fingerprint density at radius 1 is 1.09 bits per heavy atom. The van der Waals surface area contributed by atoms with Crippen molar-refractivity contribution in [1.29, 1.82) is 0 Å². The standard InChI is InChI=1S/C17H19N3O2S/c1-20(2)14-6-3-12(4-7-14)10-18-17(23)19-13-5-8-15-16(9-13)22-11-21-15/h3-9H,10-11H2,1-2H3,(H2,18,19,23). The third-order valence-electron chi connectivity index (χ3n) is 3.54. The van der Waals surface area contributed by atoms with Gasteiger partial charge in [-0.15, -0.1) is 0 Å². The summed E-state index contributed by atoms with van der Waals surface area (Å²) in [6.45, 7) is 0.939. The van der Waals surface area contributed by atoms with E-state index in [0.717, 1.165) is 17.2 Å². The lowest BCUT2D eigenvalue weighted by Crippen LogP contribution is -2.27. The van der Waals surface area contributed by atoms with E-state index in [4.69, 9.17) is 21.7 Å². The van der Waals surface area contributed by atoms with Crippen LogP contribution >= 0.6 is 12.2 Å². The number of hydrogen-bond donors (Lipinski definition) is 2. The lowest BCUT2D eigenvalue weighted by atomic mass is 10.2. The molecule has 2 aromatic carbocycles. The van der Waals surface area contributed by atoms with Crippen LogP contribution in [0.5, 0.6) is 11.5 Å². The maximum absolute atomic E-state index is 5.35. The number of nitrogens with one attached hydrogen (secondary N) is 2. The van der Waals surface area contributed by atoms with E-state index >= 15 is 0 Å². The molecular formula is C17H19N3O2S. The summed E-state index contributed by atoms with van der Waals surface area (Å²) in [6, 6.07) is 14.0. The van der Waals surface area contributed by atoms with Gasteiger partial charge in [0.15, 0.2) is 16.6 Å². The minimum atomic E-state index is 0.268. The van der Waals surface area contributed by atoms with Crippen LogP contribution in [0.3, 0.4) is 0 Å². The van der Waals surface area contributed by atoms with Crippen molar-refractivity contribution in [2.75, 3.05) is 31.1 Å². The second kappa shape index (κ2) is 6.75. The van der Waals surface area contributed by atoms with E-state index in [1.807, 2.05) is 32.3 Å². The predicted molar refractivity (Wildman–Crippen MR) is 96.4 cm³/mol. The van der Waals surface area contributed by atoms with E-state index in [-0.39, 0.29) is 6.79 Å². The minimum absolute atomic E-state index is 0.268. The van der Waals surface area contributed by atoms with E-state index in [1.165, 1.54) is 11.3 Å². The number of thiocarbonyl (C=S) groups is 1. The number of rotatable bonds is 4. The molecule has 0 fully saturated rings. The largest absolute Gasteiger partial charge is 0.454 e. The molecule has 6 heteroatoms. The van der Waals surface area contributed by atoms with Gasteiger partial charge in [-0.05, 0) is 42.0 Å². The molecule has 0 radical (unpaired) electrons. The molecule has 0 aliphatic carbocycles. The van der Waals surface area contributed by atoms with Gasteiger partial charge in [0.25, 0.3) is 0 Å². The molecule has 120 valence electrons. The average Bonchev–Trinajstić information content (AvgIpc) is 3.01. The van der Waals surface area contributed by atoms with Crippen molar-refractivity contribution < 1.29 is 9.47 Å². The number of ether oxygens (including phenoxy) is 2. The maximum Gasteiger partial charge on any atom is 0.231 e. The van der Waals surface area contributed by atoms with Crippen molar-refractivity contribution in [1.82, 2.24) is 5.32 Å². The molecule has 1 aliphatic heterocycles. The molecule has 0 spiro atoms. The fraction of sp³-hybridized carbons (Fsp3) is 0.235. The first-order valence-corrected chi connectivity index (χ1v) is 7.73. The third kappa shape index (κ3) is 3.84. The van der Waals surface area contributed by atoms with Crippen LogP contribution < -0.4 is 25.0 Å². The van der Waals surface area contributed by atoms with Crippen molar-refractivity contribution in [3.63, 3.8) is 0 Å². The van der Waals surface area contributed by atoms with Crippen molar-refractivity contribution >= 4 is 28.7 Å². The molecule has 0 unspecified atom stereocenters. The minimum Gasteiger partial charge on any atom is -0.454 e. The van der Waals surface area contributed by atoms with Crippen LogP contribution in [0, 0.1) is 0 Å². The maximum atomic E-state index is 5.35. The molecule has 23 heavy (non-hydrogen) atoms. The van der Waals surface area contributed by atoms with Crippen LogP contribution in [-0.4, -0.2) is 26.0 Å². The van der Waals surface area contributed by atoms with Gasteiger partial charge >= 0.3 is 0 Å². The molecule has 0 saturated heterocycles. The van der Waals surface area contributed by atoms with E-state index in [9.17, 15) is 0 Å². The summed E-state index contributed by atoms with van der Waals surface area (Å²) in [6.07, 6.45) is 0. The van der Waals surface area contributed by atoms with Crippen LogP contribution in [0.2, 0.25) is 0 Å². The molecule has 2 aromatic rings. The van der Waals surface area contributed by atoms with Crippen LogP contribution in [0.1, 0.15) is 5.56 Å². The van der Waals surface area contributed by atoms with Gasteiger partial charge in [0.2, 0.25) is 6.79 Å². The van der Waals surface area contributed by atoms with Crippen LogP contribution in [0.15, 0.2) is 42.5 Å². The number of fused-ring (bicyclic) bond motifs is 1. The Kier molecular flexibility index (Phi) is 4.52. The highest BCUT2D eigenvalue weighted by atomic mass is 32.1. The van der Waals surface area contributed by atoms with Gasteiger partial charge in [-0.25, -0.2) is 0 Å². The summed E-state index contributed by atoms with van der Waals surface area (Å²) < 4.78 is 10.6. The normalized spacial score (nSPS) is 11.9. The Hall–Kier alpha value is -2.47. The third-order valence-corrected chi connectivity index (χ3v) is 3.78. The topological polar surface area (TPSA) is 45.8 Å². The molecule has 3 rings (SSSR count). The quantitative estimate of drug-likeness (QED) is 0.841. The van der Waals surface area contributed by atoms with E-state index in [2.05, 4.69) is 39.8 Å². The first-order valence-electron chi connectivity index (χ1n) is 7.32. The summed E-state index contributed by atoms with van der Waals surface area (Å²) in [5.74, 6) is 1.49. The zero-order chi connectivity index (χ0) is 16.2. The Morgan fingerprint density at radius 3 is 2.57 bits per heavy atom. The number of anilines is 2. The van der Waals surface area contributed by atoms with Crippen molar-refractivity contribution in [3.05, 3.63) is 48.0 Å². The van der Waals surface area contributed by atoms with Gasteiger partial charge in [-0.1, -0.05) is 12.1 Å². The first-order chi connectivity index (χ1) is 11.1. The highest BCUT2D eigenvalue weighted by molar-refractivity contribution is 7.80. The van der Waals surface area contributed by atoms with Crippen LogP contribution in [-0.2, 0) is 6.54 Å². The molecule has 1 heterocycles. The molecule has 0 atom stereocenters. The zero-order valence-corrected chi connectivity index (χ0v) is 13.9. The lowest BCUT2D eigenvalue weighted by Gasteiger charge is -2.14. The smallest absolute Gasteiger partial charge is 0.231 e. The van der Waals surface area contributed by atoms with E-state index in [0.29, 0.717) is 11.7 Å². The summed E-state index contributed by atoms with van der Waals surface area (Å²) in [4.78, 5) is 2.07. The molecule has 0 aromatic heterocycles. The lowest BCUT2D eigenvalue weighted by molar-refractivity contribution is 0.174. The van der Waals surface area contributed by atoms with Crippen molar-refractivity contribution in [3.8, 4) is 11.5 Å². The number of hydrogen-bond acceptors (Lipinski definition) is 4. The van der Waals surface area contributed by atoms with Gasteiger partial charge in [-0.3, -0.25) is 0 Å². The summed E-state index contributed by atoms with van der Waals surface area (Å²) in [7, 11) is 4.05. The Bertz CT molecular complexity index is 701. The molecule has 0 bridgehead atoms. The van der Waals surface area contributed by atoms with Crippen molar-refractivity contribution in [2.45, 2.75) is 6.54 Å². The second-order valence-corrected chi connectivity index (χ2v) is 5.84. The molecule has 2 N–H and O–H groups in total. The molecular weight excluding hydrogens is 310 g/mol. The second-order valence-electron chi connectivity index (χ2n) is 5.44. The Morgan fingerprint density at radius 2 is 1.83 bits per heavy atom. The number of benzene rings is 2. The van der Waals surface area contributed by atoms with Crippen LogP contribution in [0.4, 0.5) is 11.4 Å². The monoisotopic (exact) mass is 329 g/mol. The van der Waals surface area contributed by atoms with Gasteiger partial charge < -0.3 is 25.0 Å². The van der Waals surface area contributed by atoms with E-state index < -0.39 is 0 Å². The fourth-order valence-electron chi connectivity index (χ4n) is 2.24. The van der Waals surface area contributed by atoms with Gasteiger partial charge in [0.05, 0.1) is 0 Å². The predicted octanol–water partition coefficient (Wildman–Crippen LogP) is 2.97. The van der Waals surface area contributed by atoms with Crippen LogP contribution in [0.25, 0.3) is 0 Å². The average molecular weight is 329 g/mol. The van der Waals surface area contributed by atoms with E-state index in [1.54, 1.807) is 0 Å².